The predicted octanol–water partition coefficient (Wildman–Crippen LogP) is 3.20. The van der Waals surface area contributed by atoms with Crippen LogP contribution in [-0.4, -0.2) is 10.1 Å². The number of aromatic nitrogens is 1. The lowest BCUT2D eigenvalue weighted by Crippen LogP contribution is -2.07. The van der Waals surface area contributed by atoms with E-state index in [4.69, 9.17) is 0 Å². The zero-order chi connectivity index (χ0) is 14.2. The molecule has 5 heteroatoms. The monoisotopic (exact) mass is 267 g/mol. The molecule has 2 aromatic rings. The highest BCUT2D eigenvalue weighted by Crippen LogP contribution is 2.27. The Kier molecular flexibility index (Phi) is 3.57. The smallest absolute Gasteiger partial charge is 0.194 e. The number of pyridine rings is 1. The van der Waals surface area contributed by atoms with E-state index in [1.54, 1.807) is 26.0 Å². The van der Waals surface area contributed by atoms with Crippen LogP contribution in [0.2, 0.25) is 0 Å². The zero-order valence-electron chi connectivity index (χ0n) is 10.4. The highest BCUT2D eigenvalue weighted by Gasteiger charge is 2.20. The molecule has 0 saturated heterocycles. The van der Waals surface area contributed by atoms with Crippen LogP contribution in [-0.2, 0) is 0 Å². The van der Waals surface area contributed by atoms with E-state index in [1.807, 2.05) is 0 Å². The number of hydrogen-bond donors (Lipinski definition) is 1. The van der Waals surface area contributed by atoms with Gasteiger partial charge in [-0.05, 0) is 37.6 Å². The van der Waals surface area contributed by atoms with E-state index >= 15 is 0 Å². The lowest BCUT2D eigenvalue weighted by Gasteiger charge is -2.14. The summed E-state index contributed by atoms with van der Waals surface area (Å²) in [6, 6.07) is 4.96. The van der Waals surface area contributed by atoms with Gasteiger partial charge in [0.1, 0.15) is 6.10 Å². The van der Waals surface area contributed by atoms with Crippen LogP contribution in [0.1, 0.15) is 28.6 Å². The van der Waals surface area contributed by atoms with E-state index in [-0.39, 0.29) is 5.56 Å². The molecule has 0 amide bonds. The minimum absolute atomic E-state index is 0.302. The fraction of sp³-hybridized carbons (Fsp3) is 0.214. The van der Waals surface area contributed by atoms with Gasteiger partial charge in [0.05, 0.1) is 0 Å². The van der Waals surface area contributed by atoms with Gasteiger partial charge < -0.3 is 5.11 Å². The molecule has 1 unspecified atom stereocenters. The number of aliphatic hydroxyl groups is 1. The maximum absolute atomic E-state index is 13.6. The van der Waals surface area contributed by atoms with Crippen molar-refractivity contribution in [1.29, 1.82) is 0 Å². The van der Waals surface area contributed by atoms with Crippen molar-refractivity contribution in [2.24, 2.45) is 0 Å². The Morgan fingerprint density at radius 3 is 2.16 bits per heavy atom. The maximum atomic E-state index is 13.6. The lowest BCUT2D eigenvalue weighted by molar-refractivity contribution is 0.212. The maximum Gasteiger partial charge on any atom is 0.194 e. The first-order valence-corrected chi connectivity index (χ1v) is 5.67. The third-order valence-corrected chi connectivity index (χ3v) is 2.78. The van der Waals surface area contributed by atoms with Gasteiger partial charge in [-0.25, -0.2) is 13.2 Å². The molecule has 0 aliphatic heterocycles. The van der Waals surface area contributed by atoms with Crippen molar-refractivity contribution in [2.75, 3.05) is 0 Å². The van der Waals surface area contributed by atoms with Crippen molar-refractivity contribution in [3.05, 3.63) is 64.2 Å². The largest absolute Gasteiger partial charge is 0.384 e. The lowest BCUT2D eigenvalue weighted by atomic mass is 10.00. The van der Waals surface area contributed by atoms with Crippen LogP contribution >= 0.6 is 0 Å². The summed E-state index contributed by atoms with van der Waals surface area (Å²) >= 11 is 0. The summed E-state index contributed by atoms with van der Waals surface area (Å²) in [6.07, 6.45) is -1.37. The van der Waals surface area contributed by atoms with Crippen LogP contribution in [0.15, 0.2) is 24.3 Å². The SMILES string of the molecule is Cc1cc(C(O)c2ccc(F)c(F)c2F)cc(C)n1. The van der Waals surface area contributed by atoms with Gasteiger partial charge in [-0.2, -0.15) is 0 Å². The summed E-state index contributed by atoms with van der Waals surface area (Å²) in [5, 5.41) is 10.1. The Labute approximate surface area is 108 Å². The Balaban J connectivity index is 2.50. The number of aliphatic hydroxyl groups excluding tert-OH is 1. The van der Waals surface area contributed by atoms with Crippen molar-refractivity contribution in [1.82, 2.24) is 4.98 Å². The molecule has 1 N–H and O–H groups in total. The zero-order valence-corrected chi connectivity index (χ0v) is 10.4. The molecule has 1 aromatic heterocycles. The van der Waals surface area contributed by atoms with Gasteiger partial charge in [0.15, 0.2) is 17.5 Å². The number of benzene rings is 1. The quantitative estimate of drug-likeness (QED) is 0.848. The fourth-order valence-corrected chi connectivity index (χ4v) is 1.96. The van der Waals surface area contributed by atoms with E-state index < -0.39 is 23.6 Å². The van der Waals surface area contributed by atoms with Crippen LogP contribution in [0.25, 0.3) is 0 Å². The van der Waals surface area contributed by atoms with Gasteiger partial charge >= 0.3 is 0 Å². The molecule has 2 nitrogen and oxygen atoms in total. The molecule has 100 valence electrons. The molecule has 1 heterocycles. The van der Waals surface area contributed by atoms with E-state index in [2.05, 4.69) is 4.98 Å². The highest BCUT2D eigenvalue weighted by atomic mass is 19.2. The molecule has 0 fully saturated rings. The number of halogens is 3. The summed E-state index contributed by atoms with van der Waals surface area (Å²) in [5.74, 6) is -4.24. The van der Waals surface area contributed by atoms with Crippen LogP contribution in [0, 0.1) is 31.3 Å². The minimum Gasteiger partial charge on any atom is -0.384 e. The Morgan fingerprint density at radius 1 is 1.00 bits per heavy atom. The first-order valence-electron chi connectivity index (χ1n) is 5.67. The molecule has 1 atom stereocenters. The Bertz CT molecular complexity index is 608. The Hall–Kier alpha value is -1.88. The molecular formula is C14H12F3NO. The van der Waals surface area contributed by atoms with Gasteiger partial charge in [0, 0.05) is 17.0 Å². The van der Waals surface area contributed by atoms with Gasteiger partial charge in [-0.3, -0.25) is 4.98 Å². The first kappa shape index (κ1) is 13.5. The molecule has 19 heavy (non-hydrogen) atoms. The fourth-order valence-electron chi connectivity index (χ4n) is 1.96. The second-order valence-corrected chi connectivity index (χ2v) is 4.35. The van der Waals surface area contributed by atoms with Gasteiger partial charge in [-0.15, -0.1) is 0 Å². The van der Waals surface area contributed by atoms with Gasteiger partial charge in [0.25, 0.3) is 0 Å². The summed E-state index contributed by atoms with van der Waals surface area (Å²) < 4.78 is 39.6. The van der Waals surface area contributed by atoms with Crippen LogP contribution in [0.3, 0.4) is 0 Å². The average Bonchev–Trinajstić information content (AvgIpc) is 2.34. The molecule has 0 saturated carbocycles. The number of rotatable bonds is 2. The third-order valence-electron chi connectivity index (χ3n) is 2.78. The highest BCUT2D eigenvalue weighted by molar-refractivity contribution is 5.33. The number of hydrogen-bond acceptors (Lipinski definition) is 2. The molecule has 0 spiro atoms. The van der Waals surface area contributed by atoms with Crippen LogP contribution < -0.4 is 0 Å². The number of nitrogens with zero attached hydrogens (tertiary/aromatic N) is 1. The molecule has 1 aromatic carbocycles. The van der Waals surface area contributed by atoms with Crippen LogP contribution in [0.4, 0.5) is 13.2 Å². The first-order chi connectivity index (χ1) is 8.90. The topological polar surface area (TPSA) is 33.1 Å². The number of aryl methyl sites for hydroxylation is 2. The molecule has 0 aliphatic carbocycles. The van der Waals surface area contributed by atoms with E-state index in [1.165, 1.54) is 0 Å². The van der Waals surface area contributed by atoms with Crippen molar-refractivity contribution in [3.8, 4) is 0 Å². The minimum atomic E-state index is -1.58. The molecule has 0 aliphatic rings. The standard InChI is InChI=1S/C14H12F3NO/c1-7-5-9(6-8(2)18-7)14(19)10-3-4-11(15)13(17)12(10)16/h3-6,14,19H,1-2H3. The normalized spacial score (nSPS) is 12.5. The summed E-state index contributed by atoms with van der Waals surface area (Å²) in [5.41, 5.74) is 1.38. The summed E-state index contributed by atoms with van der Waals surface area (Å²) in [6.45, 7) is 3.45. The average molecular weight is 267 g/mol. The van der Waals surface area contributed by atoms with Crippen molar-refractivity contribution >= 4 is 0 Å². The van der Waals surface area contributed by atoms with Gasteiger partial charge in [0.2, 0.25) is 0 Å². The molecule has 2 rings (SSSR count). The van der Waals surface area contributed by atoms with Crippen molar-refractivity contribution < 1.29 is 18.3 Å². The van der Waals surface area contributed by atoms with E-state index in [9.17, 15) is 18.3 Å². The van der Waals surface area contributed by atoms with Crippen molar-refractivity contribution in [3.63, 3.8) is 0 Å². The summed E-state index contributed by atoms with van der Waals surface area (Å²) in [7, 11) is 0. The molecule has 0 bridgehead atoms. The van der Waals surface area contributed by atoms with Crippen LogP contribution in [0.5, 0.6) is 0 Å². The third kappa shape index (κ3) is 2.61. The second kappa shape index (κ2) is 5.01. The molecule has 0 radical (unpaired) electrons. The summed E-state index contributed by atoms with van der Waals surface area (Å²) in [4.78, 5) is 4.13. The van der Waals surface area contributed by atoms with Crippen molar-refractivity contribution in [2.45, 2.75) is 20.0 Å². The van der Waals surface area contributed by atoms with Gasteiger partial charge in [-0.1, -0.05) is 6.07 Å². The Morgan fingerprint density at radius 2 is 1.58 bits per heavy atom. The second-order valence-electron chi connectivity index (χ2n) is 4.35. The predicted molar refractivity (Wildman–Crippen MR) is 64.1 cm³/mol. The van der Waals surface area contributed by atoms with E-state index in [0.717, 1.165) is 12.1 Å². The molecular weight excluding hydrogens is 255 g/mol. The van der Waals surface area contributed by atoms with E-state index in [0.29, 0.717) is 17.0 Å².